The van der Waals surface area contributed by atoms with Gasteiger partial charge in [-0.15, -0.1) is 0 Å². The number of fused-ring (bicyclic) bond motifs is 1. The lowest BCUT2D eigenvalue weighted by atomic mass is 9.78. The van der Waals surface area contributed by atoms with E-state index in [4.69, 9.17) is 29.0 Å². The summed E-state index contributed by atoms with van der Waals surface area (Å²) in [5.74, 6) is 4.83. The standard InChI is InChI=1S/C18H22Cl2N2O3/c19-11-7-13(20)17-12(16(23)6-10-4-2-1-3-5-10)9-15(18(24)25)22(21)14(17)8-11/h7-8,10,12,15H,1-6,9,21H2,(H,24,25)/t12-,15-/m1/s1. The van der Waals surface area contributed by atoms with Gasteiger partial charge in [-0.2, -0.15) is 0 Å². The maximum Gasteiger partial charge on any atom is 0.327 e. The number of hydrazine groups is 1. The van der Waals surface area contributed by atoms with Gasteiger partial charge in [0.2, 0.25) is 0 Å². The van der Waals surface area contributed by atoms with E-state index in [-0.39, 0.29) is 12.2 Å². The molecule has 2 atom stereocenters. The van der Waals surface area contributed by atoms with Gasteiger partial charge in [-0.1, -0.05) is 55.3 Å². The van der Waals surface area contributed by atoms with Crippen molar-refractivity contribution in [1.82, 2.24) is 0 Å². The number of nitrogens with zero attached hydrogens (tertiary/aromatic N) is 1. The van der Waals surface area contributed by atoms with Crippen molar-refractivity contribution < 1.29 is 14.7 Å². The van der Waals surface area contributed by atoms with E-state index in [1.54, 1.807) is 12.1 Å². The van der Waals surface area contributed by atoms with Crippen molar-refractivity contribution in [3.63, 3.8) is 0 Å². The lowest BCUT2D eigenvalue weighted by Crippen LogP contribution is -2.51. The van der Waals surface area contributed by atoms with Gasteiger partial charge in [-0.05, 0) is 24.5 Å². The lowest BCUT2D eigenvalue weighted by molar-refractivity contribution is -0.139. The number of carbonyl (C=O) groups is 2. The second-order valence-electron chi connectivity index (χ2n) is 7.04. The maximum absolute atomic E-state index is 13.0. The lowest BCUT2D eigenvalue weighted by Gasteiger charge is -2.37. The van der Waals surface area contributed by atoms with Gasteiger partial charge in [0.25, 0.3) is 0 Å². The number of nitrogens with two attached hydrogens (primary N) is 1. The molecule has 5 nitrogen and oxygen atoms in total. The minimum Gasteiger partial charge on any atom is -0.480 e. The molecule has 2 aliphatic rings. The highest BCUT2D eigenvalue weighted by Crippen LogP contribution is 2.44. The molecule has 1 aromatic rings. The number of hydrogen-bond acceptors (Lipinski definition) is 4. The molecule has 0 aromatic heterocycles. The third-order valence-electron chi connectivity index (χ3n) is 5.38. The van der Waals surface area contributed by atoms with Gasteiger partial charge in [0.1, 0.15) is 11.8 Å². The van der Waals surface area contributed by atoms with Crippen LogP contribution in [0.2, 0.25) is 10.0 Å². The van der Waals surface area contributed by atoms with Gasteiger partial charge >= 0.3 is 5.97 Å². The molecular weight excluding hydrogens is 363 g/mol. The van der Waals surface area contributed by atoms with E-state index in [0.29, 0.717) is 33.6 Å². The molecule has 25 heavy (non-hydrogen) atoms. The molecule has 1 aliphatic heterocycles. The zero-order valence-corrected chi connectivity index (χ0v) is 15.4. The van der Waals surface area contributed by atoms with Crippen LogP contribution in [0.15, 0.2) is 12.1 Å². The highest BCUT2D eigenvalue weighted by molar-refractivity contribution is 6.36. The third kappa shape index (κ3) is 3.78. The van der Waals surface area contributed by atoms with E-state index < -0.39 is 17.9 Å². The van der Waals surface area contributed by atoms with Gasteiger partial charge < -0.3 is 5.11 Å². The number of rotatable bonds is 4. The van der Waals surface area contributed by atoms with E-state index in [0.717, 1.165) is 25.7 Å². The first kappa shape index (κ1) is 18.5. The van der Waals surface area contributed by atoms with Gasteiger partial charge in [0, 0.05) is 27.9 Å². The molecule has 1 saturated carbocycles. The van der Waals surface area contributed by atoms with Crippen LogP contribution in [0.1, 0.15) is 56.4 Å². The molecule has 1 heterocycles. The number of benzene rings is 1. The van der Waals surface area contributed by atoms with Crippen molar-refractivity contribution in [3.8, 4) is 0 Å². The topological polar surface area (TPSA) is 83.6 Å². The molecule has 0 bridgehead atoms. The minimum atomic E-state index is -1.06. The predicted octanol–water partition coefficient (Wildman–Crippen LogP) is 4.15. The molecule has 136 valence electrons. The number of aliphatic carboxylic acids is 1. The Hall–Kier alpha value is -1.30. The van der Waals surface area contributed by atoms with Crippen molar-refractivity contribution in [1.29, 1.82) is 0 Å². The first-order chi connectivity index (χ1) is 11.9. The van der Waals surface area contributed by atoms with Crippen LogP contribution in [0.4, 0.5) is 5.69 Å². The fraction of sp³-hybridized carbons (Fsp3) is 0.556. The van der Waals surface area contributed by atoms with Crippen molar-refractivity contribution in [3.05, 3.63) is 27.7 Å². The molecule has 0 saturated heterocycles. The number of halogens is 2. The largest absolute Gasteiger partial charge is 0.480 e. The van der Waals surface area contributed by atoms with E-state index in [9.17, 15) is 14.7 Å². The normalized spacial score (nSPS) is 24.0. The van der Waals surface area contributed by atoms with Crippen LogP contribution < -0.4 is 10.9 Å². The third-order valence-corrected chi connectivity index (χ3v) is 5.91. The molecule has 1 fully saturated rings. The number of ketones is 1. The Morgan fingerprint density at radius 3 is 2.52 bits per heavy atom. The predicted molar refractivity (Wildman–Crippen MR) is 98.1 cm³/mol. The van der Waals surface area contributed by atoms with Crippen LogP contribution in [0.25, 0.3) is 0 Å². The summed E-state index contributed by atoms with van der Waals surface area (Å²) in [7, 11) is 0. The van der Waals surface area contributed by atoms with E-state index in [1.165, 1.54) is 11.4 Å². The summed E-state index contributed by atoms with van der Waals surface area (Å²) in [6, 6.07) is 2.19. The minimum absolute atomic E-state index is 0.0525. The number of hydrogen-bond donors (Lipinski definition) is 2. The maximum atomic E-state index is 13.0. The number of carboxylic acid groups (broad SMARTS) is 1. The summed E-state index contributed by atoms with van der Waals surface area (Å²) < 4.78 is 0. The smallest absolute Gasteiger partial charge is 0.327 e. The van der Waals surface area contributed by atoms with Gasteiger partial charge in [-0.3, -0.25) is 9.80 Å². The van der Waals surface area contributed by atoms with Crippen LogP contribution in [0.5, 0.6) is 0 Å². The van der Waals surface area contributed by atoms with Crippen molar-refractivity contribution in [2.45, 2.75) is 56.9 Å². The SMILES string of the molecule is NN1c2cc(Cl)cc(Cl)c2[C@@H](C(=O)CC2CCCCC2)C[C@@H]1C(=O)O. The Balaban J connectivity index is 1.93. The van der Waals surface area contributed by atoms with Crippen molar-refractivity contribution in [2.24, 2.45) is 11.8 Å². The summed E-state index contributed by atoms with van der Waals surface area (Å²) in [6.07, 6.45) is 6.26. The average Bonchev–Trinajstić information content (AvgIpc) is 2.56. The number of carbonyl (C=O) groups excluding carboxylic acids is 1. The molecule has 0 unspecified atom stereocenters. The molecule has 0 spiro atoms. The molecule has 3 N–H and O–H groups in total. The van der Waals surface area contributed by atoms with Crippen LogP contribution in [-0.2, 0) is 9.59 Å². The van der Waals surface area contributed by atoms with Gasteiger partial charge in [-0.25, -0.2) is 10.6 Å². The van der Waals surface area contributed by atoms with Gasteiger partial charge in [0.05, 0.1) is 5.69 Å². The fourth-order valence-electron chi connectivity index (χ4n) is 4.08. The van der Waals surface area contributed by atoms with Crippen LogP contribution in [0.3, 0.4) is 0 Å². The van der Waals surface area contributed by atoms with Crippen molar-refractivity contribution >= 4 is 40.6 Å². The van der Waals surface area contributed by atoms with Gasteiger partial charge in [0.15, 0.2) is 0 Å². The summed E-state index contributed by atoms with van der Waals surface area (Å²) in [5, 5.41) is 11.4. The Kier molecular flexibility index (Phi) is 5.56. The highest BCUT2D eigenvalue weighted by atomic mass is 35.5. The quantitative estimate of drug-likeness (QED) is 0.761. The van der Waals surface area contributed by atoms with E-state index >= 15 is 0 Å². The number of Topliss-reactive ketones (excluding diaryl/α,β-unsaturated/α-hetero) is 1. The summed E-state index contributed by atoms with van der Waals surface area (Å²) >= 11 is 12.4. The summed E-state index contributed by atoms with van der Waals surface area (Å²) in [4.78, 5) is 24.6. The van der Waals surface area contributed by atoms with Crippen LogP contribution in [0, 0.1) is 5.92 Å². The molecular formula is C18H22Cl2N2O3. The molecule has 1 aromatic carbocycles. The monoisotopic (exact) mass is 384 g/mol. The highest BCUT2D eigenvalue weighted by Gasteiger charge is 2.40. The molecule has 0 amide bonds. The van der Waals surface area contributed by atoms with E-state index in [2.05, 4.69) is 0 Å². The second-order valence-corrected chi connectivity index (χ2v) is 7.89. The fourth-order valence-corrected chi connectivity index (χ4v) is 4.70. The molecule has 3 rings (SSSR count). The molecule has 0 radical (unpaired) electrons. The van der Waals surface area contributed by atoms with Crippen molar-refractivity contribution in [2.75, 3.05) is 5.01 Å². The first-order valence-electron chi connectivity index (χ1n) is 8.67. The Morgan fingerprint density at radius 1 is 1.20 bits per heavy atom. The summed E-state index contributed by atoms with van der Waals surface area (Å²) in [6.45, 7) is 0. The van der Waals surface area contributed by atoms with Crippen LogP contribution >= 0.6 is 23.2 Å². The van der Waals surface area contributed by atoms with E-state index in [1.807, 2.05) is 0 Å². The number of carboxylic acids is 1. The molecule has 7 heteroatoms. The zero-order chi connectivity index (χ0) is 18.1. The zero-order valence-electron chi connectivity index (χ0n) is 13.9. The Morgan fingerprint density at radius 2 is 1.88 bits per heavy atom. The Bertz CT molecular complexity index is 689. The van der Waals surface area contributed by atoms with Crippen LogP contribution in [-0.4, -0.2) is 22.9 Å². The summed E-state index contributed by atoms with van der Waals surface area (Å²) in [5.41, 5.74) is 1.03. The second kappa shape index (κ2) is 7.52. The molecule has 1 aliphatic carbocycles. The first-order valence-corrected chi connectivity index (χ1v) is 9.42. The Labute approximate surface area is 157 Å². The number of anilines is 1. The average molecular weight is 385 g/mol.